The molecule has 0 aromatic heterocycles. The maximum atomic E-state index is 6.67. The predicted molar refractivity (Wildman–Crippen MR) is 83.9 cm³/mol. The number of methoxy groups -OCH3 is 2. The van der Waals surface area contributed by atoms with Gasteiger partial charge in [0, 0.05) is 5.56 Å². The average Bonchev–Trinajstić information content (AvgIpc) is 2.75. The fraction of sp³-hybridized carbons (Fsp3) is 0.647. The number of halogens is 1. The lowest BCUT2D eigenvalue weighted by Gasteiger charge is -2.20. The van der Waals surface area contributed by atoms with Crippen LogP contribution in [0.4, 0.5) is 0 Å². The van der Waals surface area contributed by atoms with E-state index in [-0.39, 0.29) is 5.38 Å². The molecule has 3 heteroatoms. The fourth-order valence-electron chi connectivity index (χ4n) is 3.10. The highest BCUT2D eigenvalue weighted by atomic mass is 35.5. The largest absolute Gasteiger partial charge is 0.497 e. The van der Waals surface area contributed by atoms with Gasteiger partial charge in [0.05, 0.1) is 19.6 Å². The van der Waals surface area contributed by atoms with E-state index < -0.39 is 0 Å². The van der Waals surface area contributed by atoms with E-state index in [9.17, 15) is 0 Å². The minimum absolute atomic E-state index is 0.00292. The second kappa shape index (κ2) is 7.78. The topological polar surface area (TPSA) is 18.5 Å². The molecule has 1 saturated carbocycles. The Morgan fingerprint density at radius 2 is 1.80 bits per heavy atom. The van der Waals surface area contributed by atoms with E-state index >= 15 is 0 Å². The van der Waals surface area contributed by atoms with E-state index in [2.05, 4.69) is 0 Å². The van der Waals surface area contributed by atoms with Gasteiger partial charge in [-0.05, 0) is 30.5 Å². The quantitative estimate of drug-likeness (QED) is 0.539. The summed E-state index contributed by atoms with van der Waals surface area (Å²) in [6.45, 7) is 0. The first-order valence-corrected chi connectivity index (χ1v) is 8.04. The maximum Gasteiger partial charge on any atom is 0.123 e. The van der Waals surface area contributed by atoms with Gasteiger partial charge in [0.25, 0.3) is 0 Å². The van der Waals surface area contributed by atoms with Crippen LogP contribution in [0.5, 0.6) is 11.5 Å². The summed E-state index contributed by atoms with van der Waals surface area (Å²) in [7, 11) is 3.38. The third-order valence-corrected chi connectivity index (χ3v) is 4.70. The minimum atomic E-state index is 0.00292. The normalized spacial score (nSPS) is 18.4. The molecule has 1 atom stereocenters. The Bertz CT molecular complexity index is 411. The van der Waals surface area contributed by atoms with Crippen LogP contribution in [-0.4, -0.2) is 14.2 Å². The minimum Gasteiger partial charge on any atom is -0.497 e. The Morgan fingerprint density at radius 1 is 1.10 bits per heavy atom. The summed E-state index contributed by atoms with van der Waals surface area (Å²) in [6, 6.07) is 5.86. The molecule has 0 saturated heterocycles. The summed E-state index contributed by atoms with van der Waals surface area (Å²) in [5.74, 6) is 2.45. The van der Waals surface area contributed by atoms with Crippen molar-refractivity contribution in [1.29, 1.82) is 0 Å². The summed E-state index contributed by atoms with van der Waals surface area (Å²) in [6.07, 6.45) is 9.13. The van der Waals surface area contributed by atoms with Crippen LogP contribution in [0, 0.1) is 5.92 Å². The van der Waals surface area contributed by atoms with Crippen molar-refractivity contribution in [3.05, 3.63) is 23.8 Å². The van der Waals surface area contributed by atoms with Gasteiger partial charge < -0.3 is 9.47 Å². The van der Waals surface area contributed by atoms with Gasteiger partial charge in [-0.3, -0.25) is 0 Å². The highest BCUT2D eigenvalue weighted by molar-refractivity contribution is 6.21. The summed E-state index contributed by atoms with van der Waals surface area (Å²) < 4.78 is 10.7. The fourth-order valence-corrected chi connectivity index (χ4v) is 3.53. The van der Waals surface area contributed by atoms with Crippen LogP contribution in [0.2, 0.25) is 0 Å². The first-order valence-electron chi connectivity index (χ1n) is 7.60. The zero-order valence-electron chi connectivity index (χ0n) is 12.5. The van der Waals surface area contributed by atoms with Crippen LogP contribution >= 0.6 is 11.6 Å². The Hall–Kier alpha value is -0.890. The number of alkyl halides is 1. The SMILES string of the molecule is COc1ccc(OC)c(C(Cl)CC2CCCCCC2)c1. The number of ether oxygens (including phenoxy) is 2. The molecule has 1 unspecified atom stereocenters. The average molecular weight is 297 g/mol. The molecule has 112 valence electrons. The van der Waals surface area contributed by atoms with Crippen LogP contribution in [-0.2, 0) is 0 Å². The van der Waals surface area contributed by atoms with Gasteiger partial charge in [-0.2, -0.15) is 0 Å². The van der Waals surface area contributed by atoms with Gasteiger partial charge in [0.1, 0.15) is 11.5 Å². The van der Waals surface area contributed by atoms with Gasteiger partial charge in [-0.1, -0.05) is 38.5 Å². The predicted octanol–water partition coefficient (Wildman–Crippen LogP) is 5.34. The first kappa shape index (κ1) is 15.5. The standard InChI is InChI=1S/C17H25ClO2/c1-19-14-9-10-17(20-2)15(12-14)16(18)11-13-7-5-3-4-6-8-13/h9-10,12-13,16H,3-8,11H2,1-2H3. The number of benzene rings is 1. The molecule has 1 aliphatic rings. The second-order valence-corrected chi connectivity index (χ2v) is 6.20. The molecule has 1 aromatic carbocycles. The molecule has 20 heavy (non-hydrogen) atoms. The van der Waals surface area contributed by atoms with E-state index in [4.69, 9.17) is 21.1 Å². The highest BCUT2D eigenvalue weighted by Gasteiger charge is 2.20. The second-order valence-electron chi connectivity index (χ2n) is 5.67. The van der Waals surface area contributed by atoms with Crippen molar-refractivity contribution in [3.8, 4) is 11.5 Å². The molecule has 2 rings (SSSR count). The van der Waals surface area contributed by atoms with Gasteiger partial charge >= 0.3 is 0 Å². The molecule has 1 fully saturated rings. The van der Waals surface area contributed by atoms with Crippen molar-refractivity contribution in [2.24, 2.45) is 5.92 Å². The third kappa shape index (κ3) is 4.05. The Kier molecular flexibility index (Phi) is 6.03. The lowest BCUT2D eigenvalue weighted by atomic mass is 9.92. The molecule has 0 heterocycles. The third-order valence-electron chi connectivity index (χ3n) is 4.29. The Labute approximate surface area is 127 Å². The molecule has 0 radical (unpaired) electrons. The van der Waals surface area contributed by atoms with Crippen molar-refractivity contribution in [3.63, 3.8) is 0 Å². The zero-order chi connectivity index (χ0) is 14.4. The van der Waals surface area contributed by atoms with Gasteiger partial charge in [0.15, 0.2) is 0 Å². The lowest BCUT2D eigenvalue weighted by Crippen LogP contribution is -2.05. The molecule has 2 nitrogen and oxygen atoms in total. The van der Waals surface area contributed by atoms with Gasteiger partial charge in [0.2, 0.25) is 0 Å². The lowest BCUT2D eigenvalue weighted by molar-refractivity contribution is 0.388. The van der Waals surface area contributed by atoms with E-state index in [0.717, 1.165) is 29.4 Å². The number of rotatable bonds is 5. The van der Waals surface area contributed by atoms with E-state index in [0.29, 0.717) is 0 Å². The van der Waals surface area contributed by atoms with E-state index in [1.54, 1.807) is 14.2 Å². The van der Waals surface area contributed by atoms with Crippen molar-refractivity contribution in [2.75, 3.05) is 14.2 Å². The van der Waals surface area contributed by atoms with Crippen molar-refractivity contribution >= 4 is 11.6 Å². The van der Waals surface area contributed by atoms with Crippen LogP contribution < -0.4 is 9.47 Å². The molecule has 0 spiro atoms. The zero-order valence-corrected chi connectivity index (χ0v) is 13.3. The summed E-state index contributed by atoms with van der Waals surface area (Å²) in [5.41, 5.74) is 1.05. The van der Waals surface area contributed by atoms with E-state index in [1.165, 1.54) is 38.5 Å². The summed E-state index contributed by atoms with van der Waals surface area (Å²) in [5, 5.41) is 0.00292. The summed E-state index contributed by atoms with van der Waals surface area (Å²) in [4.78, 5) is 0. The Balaban J connectivity index is 2.08. The molecule has 0 N–H and O–H groups in total. The van der Waals surface area contributed by atoms with E-state index in [1.807, 2.05) is 18.2 Å². The molecule has 0 bridgehead atoms. The number of hydrogen-bond donors (Lipinski definition) is 0. The molecule has 0 aliphatic heterocycles. The van der Waals surface area contributed by atoms with Crippen molar-refractivity contribution in [1.82, 2.24) is 0 Å². The van der Waals surface area contributed by atoms with Crippen molar-refractivity contribution in [2.45, 2.75) is 50.3 Å². The summed E-state index contributed by atoms with van der Waals surface area (Å²) >= 11 is 6.67. The molecule has 0 amide bonds. The maximum absolute atomic E-state index is 6.67. The first-order chi connectivity index (χ1) is 9.74. The van der Waals surface area contributed by atoms with Crippen LogP contribution in [0.3, 0.4) is 0 Å². The van der Waals surface area contributed by atoms with Crippen LogP contribution in [0.15, 0.2) is 18.2 Å². The Morgan fingerprint density at radius 3 is 2.40 bits per heavy atom. The molecular formula is C17H25ClO2. The molecular weight excluding hydrogens is 272 g/mol. The van der Waals surface area contributed by atoms with Crippen LogP contribution in [0.25, 0.3) is 0 Å². The number of hydrogen-bond acceptors (Lipinski definition) is 2. The highest BCUT2D eigenvalue weighted by Crippen LogP contribution is 2.39. The van der Waals surface area contributed by atoms with Crippen molar-refractivity contribution < 1.29 is 9.47 Å². The van der Waals surface area contributed by atoms with Crippen LogP contribution in [0.1, 0.15) is 55.9 Å². The van der Waals surface area contributed by atoms with Gasteiger partial charge in [-0.15, -0.1) is 11.6 Å². The molecule has 1 aliphatic carbocycles. The smallest absolute Gasteiger partial charge is 0.123 e. The van der Waals surface area contributed by atoms with Gasteiger partial charge in [-0.25, -0.2) is 0 Å². The molecule has 1 aromatic rings. The monoisotopic (exact) mass is 296 g/mol.